The summed E-state index contributed by atoms with van der Waals surface area (Å²) < 4.78 is 0. The summed E-state index contributed by atoms with van der Waals surface area (Å²) >= 11 is 5.01. The molecule has 0 saturated carbocycles. The average Bonchev–Trinajstić information content (AvgIpc) is 2.35. The number of nitrogens with one attached hydrogen (secondary N) is 2. The summed E-state index contributed by atoms with van der Waals surface area (Å²) in [5.74, 6) is 0.619. The molecule has 0 saturated heterocycles. The minimum absolute atomic E-state index is 0.326. The molecule has 0 spiro atoms. The van der Waals surface area contributed by atoms with Crippen LogP contribution in [0.25, 0.3) is 0 Å². The molecule has 0 bridgehead atoms. The van der Waals surface area contributed by atoms with E-state index in [1.807, 2.05) is 13.8 Å². The number of nitrogens with zero attached hydrogens (tertiary/aromatic N) is 2. The fraction of sp³-hybridized carbons (Fsp3) is 0.500. The van der Waals surface area contributed by atoms with Crippen LogP contribution in [-0.4, -0.2) is 26.2 Å². The van der Waals surface area contributed by atoms with Crippen molar-refractivity contribution in [3.05, 3.63) is 12.2 Å². The summed E-state index contributed by atoms with van der Waals surface area (Å²) in [6, 6.07) is 0.326. The Labute approximate surface area is 70.4 Å². The van der Waals surface area contributed by atoms with Crippen molar-refractivity contribution in [2.75, 3.05) is 0 Å². The fourth-order valence-electron chi connectivity index (χ4n) is 0.645. The first kappa shape index (κ1) is 8.13. The lowest BCUT2D eigenvalue weighted by Gasteiger charge is -2.07. The van der Waals surface area contributed by atoms with E-state index < -0.39 is 0 Å². The monoisotopic (exact) mass is 170 g/mol. The van der Waals surface area contributed by atoms with Gasteiger partial charge in [-0.15, -0.1) is 0 Å². The highest BCUT2D eigenvalue weighted by Crippen LogP contribution is 1.89. The zero-order chi connectivity index (χ0) is 8.27. The van der Waals surface area contributed by atoms with Crippen molar-refractivity contribution in [2.24, 2.45) is 0 Å². The van der Waals surface area contributed by atoms with Gasteiger partial charge in [-0.2, -0.15) is 5.10 Å². The van der Waals surface area contributed by atoms with Gasteiger partial charge in [0.25, 0.3) is 0 Å². The molecule has 11 heavy (non-hydrogen) atoms. The number of hydrogen-bond donors (Lipinski definition) is 2. The van der Waals surface area contributed by atoms with Gasteiger partial charge in [0.1, 0.15) is 11.3 Å². The van der Waals surface area contributed by atoms with Gasteiger partial charge in [-0.25, -0.2) is 4.98 Å². The third kappa shape index (κ3) is 2.27. The second kappa shape index (κ2) is 3.43. The second-order valence-electron chi connectivity index (χ2n) is 2.46. The summed E-state index contributed by atoms with van der Waals surface area (Å²) in [6.45, 7) is 4.03. The lowest BCUT2D eigenvalue weighted by atomic mass is 10.4. The van der Waals surface area contributed by atoms with Gasteiger partial charge in [0.2, 0.25) is 0 Å². The van der Waals surface area contributed by atoms with E-state index in [2.05, 4.69) is 20.5 Å². The Hall–Kier alpha value is -0.970. The molecule has 0 fully saturated rings. The maximum atomic E-state index is 5.01. The van der Waals surface area contributed by atoms with Crippen LogP contribution < -0.4 is 5.32 Å². The highest BCUT2D eigenvalue weighted by Gasteiger charge is 2.03. The summed E-state index contributed by atoms with van der Waals surface area (Å²) in [6.07, 6.45) is 1.43. The molecule has 1 aromatic heterocycles. The molecule has 0 atom stereocenters. The van der Waals surface area contributed by atoms with Crippen LogP contribution in [-0.2, 0) is 0 Å². The van der Waals surface area contributed by atoms with E-state index in [4.69, 9.17) is 12.2 Å². The SMILES string of the molecule is CC(C)NC(=S)c1ncn[nH]1. The molecule has 1 rings (SSSR count). The van der Waals surface area contributed by atoms with Crippen LogP contribution in [0.4, 0.5) is 0 Å². The number of aromatic amines is 1. The van der Waals surface area contributed by atoms with E-state index in [1.165, 1.54) is 6.33 Å². The first-order valence-electron chi connectivity index (χ1n) is 3.36. The minimum atomic E-state index is 0.326. The highest BCUT2D eigenvalue weighted by atomic mass is 32.1. The smallest absolute Gasteiger partial charge is 0.183 e. The van der Waals surface area contributed by atoms with Crippen molar-refractivity contribution in [3.8, 4) is 0 Å². The first-order valence-corrected chi connectivity index (χ1v) is 3.77. The number of rotatable bonds is 2. The Kier molecular flexibility index (Phi) is 2.53. The van der Waals surface area contributed by atoms with Crippen molar-refractivity contribution in [3.63, 3.8) is 0 Å². The molecule has 2 N–H and O–H groups in total. The summed E-state index contributed by atoms with van der Waals surface area (Å²) in [7, 11) is 0. The lowest BCUT2D eigenvalue weighted by molar-refractivity contribution is 0.737. The Morgan fingerprint density at radius 1 is 1.73 bits per heavy atom. The number of aromatic nitrogens is 3. The molecule has 60 valence electrons. The predicted molar refractivity (Wildman–Crippen MR) is 46.4 cm³/mol. The summed E-state index contributed by atoms with van der Waals surface area (Å²) in [5.41, 5.74) is 0. The Morgan fingerprint density at radius 3 is 2.91 bits per heavy atom. The van der Waals surface area contributed by atoms with Crippen LogP contribution in [0.15, 0.2) is 6.33 Å². The van der Waals surface area contributed by atoms with E-state index in [1.54, 1.807) is 0 Å². The van der Waals surface area contributed by atoms with Crippen LogP contribution >= 0.6 is 12.2 Å². The molecular formula is C6H10N4S. The predicted octanol–water partition coefficient (Wildman–Crippen LogP) is 0.478. The fourth-order valence-corrected chi connectivity index (χ4v) is 0.979. The Balaban J connectivity index is 2.57. The van der Waals surface area contributed by atoms with Gasteiger partial charge < -0.3 is 5.32 Å². The van der Waals surface area contributed by atoms with Gasteiger partial charge in [-0.05, 0) is 13.8 Å². The van der Waals surface area contributed by atoms with Gasteiger partial charge in [0.05, 0.1) is 0 Å². The Morgan fingerprint density at radius 2 is 2.45 bits per heavy atom. The molecule has 1 aromatic rings. The maximum absolute atomic E-state index is 5.01. The quantitative estimate of drug-likeness (QED) is 0.634. The largest absolute Gasteiger partial charge is 0.371 e. The van der Waals surface area contributed by atoms with Crippen LogP contribution in [0, 0.1) is 0 Å². The lowest BCUT2D eigenvalue weighted by Crippen LogP contribution is -2.30. The van der Waals surface area contributed by atoms with Crippen molar-refractivity contribution >= 4 is 17.2 Å². The van der Waals surface area contributed by atoms with Crippen LogP contribution in [0.3, 0.4) is 0 Å². The van der Waals surface area contributed by atoms with Crippen LogP contribution in [0.2, 0.25) is 0 Å². The number of thiocarbonyl (C=S) groups is 1. The molecule has 0 aromatic carbocycles. The van der Waals surface area contributed by atoms with Crippen molar-refractivity contribution < 1.29 is 0 Å². The molecule has 0 aliphatic rings. The van der Waals surface area contributed by atoms with E-state index in [9.17, 15) is 0 Å². The number of hydrogen-bond acceptors (Lipinski definition) is 3. The second-order valence-corrected chi connectivity index (χ2v) is 2.87. The van der Waals surface area contributed by atoms with Gasteiger partial charge in [-0.1, -0.05) is 12.2 Å². The van der Waals surface area contributed by atoms with E-state index in [0.717, 1.165) is 0 Å². The Bertz CT molecular complexity index is 229. The standard InChI is InChI=1S/C6H10N4S/c1-4(2)9-6(11)5-7-3-8-10-5/h3-4H,1-2H3,(H,9,11)(H,7,8,10). The summed E-state index contributed by atoms with van der Waals surface area (Å²) in [5, 5.41) is 9.41. The zero-order valence-corrected chi connectivity index (χ0v) is 7.27. The molecule has 1 heterocycles. The van der Waals surface area contributed by atoms with E-state index in [-0.39, 0.29) is 0 Å². The number of H-pyrrole nitrogens is 1. The third-order valence-electron chi connectivity index (χ3n) is 1.05. The molecule has 4 nitrogen and oxygen atoms in total. The maximum Gasteiger partial charge on any atom is 0.183 e. The van der Waals surface area contributed by atoms with Crippen molar-refractivity contribution in [2.45, 2.75) is 19.9 Å². The van der Waals surface area contributed by atoms with Crippen molar-refractivity contribution in [1.29, 1.82) is 0 Å². The van der Waals surface area contributed by atoms with Crippen LogP contribution in [0.5, 0.6) is 0 Å². The van der Waals surface area contributed by atoms with Crippen LogP contribution in [0.1, 0.15) is 19.7 Å². The highest BCUT2D eigenvalue weighted by molar-refractivity contribution is 7.80. The topological polar surface area (TPSA) is 53.6 Å². The molecular weight excluding hydrogens is 160 g/mol. The molecule has 0 radical (unpaired) electrons. The van der Waals surface area contributed by atoms with Gasteiger partial charge in [0.15, 0.2) is 5.82 Å². The molecule has 0 unspecified atom stereocenters. The summed E-state index contributed by atoms with van der Waals surface area (Å²) in [4.78, 5) is 4.51. The van der Waals surface area contributed by atoms with Gasteiger partial charge in [-0.3, -0.25) is 5.10 Å². The molecule has 5 heteroatoms. The molecule has 0 aliphatic heterocycles. The van der Waals surface area contributed by atoms with E-state index >= 15 is 0 Å². The van der Waals surface area contributed by atoms with E-state index in [0.29, 0.717) is 16.9 Å². The normalized spacial score (nSPS) is 10.1. The molecule has 0 aliphatic carbocycles. The minimum Gasteiger partial charge on any atom is -0.371 e. The average molecular weight is 170 g/mol. The molecule has 0 amide bonds. The third-order valence-corrected chi connectivity index (χ3v) is 1.36. The van der Waals surface area contributed by atoms with Gasteiger partial charge >= 0.3 is 0 Å². The van der Waals surface area contributed by atoms with Crippen molar-refractivity contribution in [1.82, 2.24) is 20.5 Å². The van der Waals surface area contributed by atoms with Gasteiger partial charge in [0, 0.05) is 6.04 Å². The zero-order valence-electron chi connectivity index (χ0n) is 6.46. The first-order chi connectivity index (χ1) is 5.20.